The van der Waals surface area contributed by atoms with Crippen LogP contribution in [0.4, 0.5) is 0 Å². The van der Waals surface area contributed by atoms with Gasteiger partial charge in [0, 0.05) is 14.2 Å². The lowest BCUT2D eigenvalue weighted by Gasteiger charge is -2.19. The van der Waals surface area contributed by atoms with E-state index in [1.165, 1.54) is 19.3 Å². The molecule has 0 amide bonds. The fourth-order valence-corrected chi connectivity index (χ4v) is 3.07. The summed E-state index contributed by atoms with van der Waals surface area (Å²) in [6.07, 6.45) is 5.31. The summed E-state index contributed by atoms with van der Waals surface area (Å²) in [5, 5.41) is 0. The first-order valence-electron chi connectivity index (χ1n) is 5.16. The van der Waals surface area contributed by atoms with Crippen LogP contribution >= 0.6 is 0 Å². The molecule has 1 aliphatic carbocycles. The SMILES string of the molecule is CO[SiH](OC)OCC12CCCCC1O2. The zero-order valence-electron chi connectivity index (χ0n) is 8.82. The smallest absolute Gasteiger partial charge is 0.379 e. The van der Waals surface area contributed by atoms with Gasteiger partial charge in [-0.1, -0.05) is 12.8 Å². The van der Waals surface area contributed by atoms with Gasteiger partial charge in [-0.05, 0) is 12.8 Å². The summed E-state index contributed by atoms with van der Waals surface area (Å²) in [5.41, 5.74) is 0.0283. The topological polar surface area (TPSA) is 40.2 Å². The van der Waals surface area contributed by atoms with Crippen molar-refractivity contribution in [3.63, 3.8) is 0 Å². The third-order valence-corrected chi connectivity index (χ3v) is 4.28. The van der Waals surface area contributed by atoms with Gasteiger partial charge in [-0.25, -0.2) is 0 Å². The van der Waals surface area contributed by atoms with Gasteiger partial charge in [-0.2, -0.15) is 0 Å². The molecule has 2 atom stereocenters. The van der Waals surface area contributed by atoms with Crippen LogP contribution in [0.15, 0.2) is 0 Å². The van der Waals surface area contributed by atoms with Crippen LogP contribution in [-0.4, -0.2) is 42.1 Å². The normalized spacial score (nSPS) is 35.8. The van der Waals surface area contributed by atoms with E-state index in [0.29, 0.717) is 12.7 Å². The molecule has 4 nitrogen and oxygen atoms in total. The fraction of sp³-hybridized carbons (Fsp3) is 1.00. The minimum atomic E-state index is -1.86. The summed E-state index contributed by atoms with van der Waals surface area (Å²) in [4.78, 5) is 0. The Balaban J connectivity index is 1.75. The molecule has 0 aromatic rings. The third-order valence-electron chi connectivity index (χ3n) is 3.07. The molecule has 0 bridgehead atoms. The van der Waals surface area contributed by atoms with Gasteiger partial charge in [0.1, 0.15) is 5.60 Å². The number of epoxide rings is 1. The van der Waals surface area contributed by atoms with Crippen LogP contribution in [0, 0.1) is 0 Å². The van der Waals surface area contributed by atoms with Gasteiger partial charge >= 0.3 is 9.53 Å². The van der Waals surface area contributed by atoms with Crippen molar-refractivity contribution >= 4 is 9.53 Å². The Hall–Kier alpha value is 0.0569. The van der Waals surface area contributed by atoms with E-state index in [-0.39, 0.29) is 5.60 Å². The van der Waals surface area contributed by atoms with E-state index < -0.39 is 9.53 Å². The van der Waals surface area contributed by atoms with E-state index in [1.807, 2.05) is 0 Å². The summed E-state index contributed by atoms with van der Waals surface area (Å²) in [5.74, 6) is 0. The van der Waals surface area contributed by atoms with E-state index in [0.717, 1.165) is 6.42 Å². The standard InChI is InChI=1S/C9H18O4Si/c1-10-14(11-2)12-7-9-6-4-3-5-8(9)13-9/h8,14H,3-7H2,1-2H3. The maximum Gasteiger partial charge on any atom is 0.483 e. The highest BCUT2D eigenvalue weighted by Crippen LogP contribution is 2.47. The molecule has 5 heteroatoms. The molecule has 0 aromatic carbocycles. The molecule has 1 aliphatic heterocycles. The van der Waals surface area contributed by atoms with Crippen LogP contribution in [0.5, 0.6) is 0 Å². The largest absolute Gasteiger partial charge is 0.483 e. The molecule has 2 rings (SSSR count). The molecule has 0 radical (unpaired) electrons. The number of fused-ring (bicyclic) bond motifs is 1. The molecule has 2 aliphatic rings. The molecule has 82 valence electrons. The summed E-state index contributed by atoms with van der Waals surface area (Å²) < 4.78 is 21.5. The van der Waals surface area contributed by atoms with Gasteiger partial charge < -0.3 is 18.0 Å². The molecule has 2 unspecified atom stereocenters. The van der Waals surface area contributed by atoms with E-state index in [2.05, 4.69) is 0 Å². The first-order chi connectivity index (χ1) is 6.80. The van der Waals surface area contributed by atoms with Crippen molar-refractivity contribution in [2.75, 3.05) is 20.8 Å². The average molecular weight is 218 g/mol. The minimum absolute atomic E-state index is 0.0283. The van der Waals surface area contributed by atoms with Crippen molar-refractivity contribution in [1.82, 2.24) is 0 Å². The monoisotopic (exact) mass is 218 g/mol. The number of ether oxygens (including phenoxy) is 1. The average Bonchev–Trinajstić information content (AvgIpc) is 2.94. The zero-order valence-corrected chi connectivity index (χ0v) is 9.98. The van der Waals surface area contributed by atoms with Gasteiger partial charge in [-0.15, -0.1) is 0 Å². The minimum Gasteiger partial charge on any atom is -0.379 e. The Morgan fingerprint density at radius 2 is 2.14 bits per heavy atom. The Morgan fingerprint density at radius 1 is 1.36 bits per heavy atom. The third kappa shape index (κ3) is 2.01. The highest BCUT2D eigenvalue weighted by atomic mass is 28.3. The lowest BCUT2D eigenvalue weighted by Crippen LogP contribution is -2.33. The highest BCUT2D eigenvalue weighted by molar-refractivity contribution is 6.36. The first-order valence-corrected chi connectivity index (χ1v) is 6.57. The molecule has 0 spiro atoms. The summed E-state index contributed by atoms with van der Waals surface area (Å²) in [6, 6.07) is 0. The molecule has 0 aromatic heterocycles. The predicted octanol–water partition coefficient (Wildman–Crippen LogP) is 0.725. The molecule has 2 fully saturated rings. The zero-order chi connectivity index (χ0) is 10.0. The lowest BCUT2D eigenvalue weighted by molar-refractivity contribution is 0.0957. The number of rotatable bonds is 5. The quantitative estimate of drug-likeness (QED) is 0.504. The second-order valence-electron chi connectivity index (χ2n) is 3.99. The fourth-order valence-electron chi connectivity index (χ4n) is 2.19. The van der Waals surface area contributed by atoms with Crippen molar-refractivity contribution in [2.24, 2.45) is 0 Å². The highest BCUT2D eigenvalue weighted by Gasteiger charge is 2.57. The molecular weight excluding hydrogens is 200 g/mol. The van der Waals surface area contributed by atoms with Crippen molar-refractivity contribution in [1.29, 1.82) is 0 Å². The molecule has 1 saturated heterocycles. The summed E-state index contributed by atoms with van der Waals surface area (Å²) in [6.45, 7) is 0.649. The first kappa shape index (κ1) is 10.6. The lowest BCUT2D eigenvalue weighted by atomic mass is 9.90. The van der Waals surface area contributed by atoms with Crippen LogP contribution in [0.25, 0.3) is 0 Å². The van der Waals surface area contributed by atoms with Crippen LogP contribution in [-0.2, 0) is 18.0 Å². The maximum atomic E-state index is 5.69. The van der Waals surface area contributed by atoms with Gasteiger partial charge in [0.15, 0.2) is 0 Å². The van der Waals surface area contributed by atoms with Gasteiger partial charge in [0.25, 0.3) is 0 Å². The molecular formula is C9H18O4Si. The van der Waals surface area contributed by atoms with Crippen LogP contribution in [0.1, 0.15) is 25.7 Å². The molecule has 14 heavy (non-hydrogen) atoms. The second-order valence-corrected chi connectivity index (χ2v) is 5.84. The van der Waals surface area contributed by atoms with Crippen molar-refractivity contribution in [3.05, 3.63) is 0 Å². The Labute approximate surface area is 86.4 Å². The summed E-state index contributed by atoms with van der Waals surface area (Å²) >= 11 is 0. The van der Waals surface area contributed by atoms with E-state index in [1.54, 1.807) is 14.2 Å². The summed E-state index contributed by atoms with van der Waals surface area (Å²) in [7, 11) is 1.40. The molecule has 1 heterocycles. The van der Waals surface area contributed by atoms with Gasteiger partial charge in [-0.3, -0.25) is 0 Å². The van der Waals surface area contributed by atoms with Crippen LogP contribution < -0.4 is 0 Å². The number of hydrogen-bond donors (Lipinski definition) is 0. The van der Waals surface area contributed by atoms with E-state index >= 15 is 0 Å². The van der Waals surface area contributed by atoms with Crippen LogP contribution in [0.3, 0.4) is 0 Å². The van der Waals surface area contributed by atoms with Crippen molar-refractivity contribution < 1.29 is 18.0 Å². The number of hydrogen-bond acceptors (Lipinski definition) is 4. The maximum absolute atomic E-state index is 5.69. The van der Waals surface area contributed by atoms with E-state index in [9.17, 15) is 0 Å². The Morgan fingerprint density at radius 3 is 2.79 bits per heavy atom. The van der Waals surface area contributed by atoms with Crippen LogP contribution in [0.2, 0.25) is 0 Å². The Bertz CT molecular complexity index is 197. The van der Waals surface area contributed by atoms with Gasteiger partial charge in [0.05, 0.1) is 12.7 Å². The second kappa shape index (κ2) is 4.28. The predicted molar refractivity (Wildman–Crippen MR) is 53.2 cm³/mol. The van der Waals surface area contributed by atoms with Gasteiger partial charge in [0.2, 0.25) is 0 Å². The Kier molecular flexibility index (Phi) is 3.23. The molecule has 0 N–H and O–H groups in total. The van der Waals surface area contributed by atoms with E-state index in [4.69, 9.17) is 18.0 Å². The van der Waals surface area contributed by atoms with Crippen molar-refractivity contribution in [3.8, 4) is 0 Å². The van der Waals surface area contributed by atoms with Crippen molar-refractivity contribution in [2.45, 2.75) is 37.4 Å². The molecule has 1 saturated carbocycles.